The summed E-state index contributed by atoms with van der Waals surface area (Å²) >= 11 is 1.37. The van der Waals surface area contributed by atoms with Crippen LogP contribution < -0.4 is 4.90 Å². The number of rotatable bonds is 3. The van der Waals surface area contributed by atoms with Crippen molar-refractivity contribution < 1.29 is 23.1 Å². The zero-order valence-corrected chi connectivity index (χ0v) is 15.2. The van der Waals surface area contributed by atoms with E-state index in [-0.39, 0.29) is 19.0 Å². The summed E-state index contributed by atoms with van der Waals surface area (Å²) in [6, 6.07) is 6.40. The predicted octanol–water partition coefficient (Wildman–Crippen LogP) is 3.71. The first-order chi connectivity index (χ1) is 13.3. The minimum absolute atomic E-state index is 0.106. The second kappa shape index (κ2) is 6.69. The average molecular weight is 408 g/mol. The number of hydrogen-bond acceptors (Lipinski definition) is 6. The molecule has 0 saturated carbocycles. The molecule has 146 valence electrons. The third-order valence-electron chi connectivity index (χ3n) is 5.25. The van der Waals surface area contributed by atoms with Crippen LogP contribution >= 0.6 is 11.3 Å². The molecule has 4 rings (SSSR count). The lowest BCUT2D eigenvalue weighted by Gasteiger charge is -2.46. The number of aromatic nitrogens is 3. The maximum absolute atomic E-state index is 14.1. The molecule has 3 aromatic rings. The van der Waals surface area contributed by atoms with E-state index in [9.17, 15) is 23.1 Å². The van der Waals surface area contributed by atoms with Crippen molar-refractivity contribution >= 4 is 33.5 Å². The van der Waals surface area contributed by atoms with Crippen LogP contribution in [0.5, 0.6) is 0 Å². The van der Waals surface area contributed by atoms with Crippen LogP contribution in [0.3, 0.4) is 0 Å². The molecule has 10 heteroatoms. The monoisotopic (exact) mass is 408 g/mol. The first kappa shape index (κ1) is 18.6. The van der Waals surface area contributed by atoms with Crippen molar-refractivity contribution in [3.8, 4) is 0 Å². The summed E-state index contributed by atoms with van der Waals surface area (Å²) in [6.45, 7) is -0.267. The Morgan fingerprint density at radius 2 is 2.00 bits per heavy atom. The lowest BCUT2D eigenvalue weighted by atomic mass is 9.66. The van der Waals surface area contributed by atoms with Gasteiger partial charge in [-0.05, 0) is 30.2 Å². The van der Waals surface area contributed by atoms with E-state index >= 15 is 0 Å². The van der Waals surface area contributed by atoms with Crippen molar-refractivity contribution in [1.29, 1.82) is 0 Å². The van der Waals surface area contributed by atoms with Gasteiger partial charge in [-0.15, -0.1) is 11.3 Å². The van der Waals surface area contributed by atoms with E-state index in [1.165, 1.54) is 23.7 Å². The van der Waals surface area contributed by atoms with Crippen molar-refractivity contribution in [2.75, 3.05) is 18.0 Å². The fourth-order valence-electron chi connectivity index (χ4n) is 3.79. The topological polar surface area (TPSA) is 79.2 Å². The minimum atomic E-state index is -4.91. The van der Waals surface area contributed by atoms with Crippen LogP contribution in [0.2, 0.25) is 0 Å². The molecule has 1 aliphatic heterocycles. The van der Waals surface area contributed by atoms with Gasteiger partial charge in [-0.1, -0.05) is 6.07 Å². The van der Waals surface area contributed by atoms with Gasteiger partial charge in [0.1, 0.15) is 0 Å². The van der Waals surface area contributed by atoms with E-state index in [0.717, 1.165) is 4.70 Å². The predicted molar refractivity (Wildman–Crippen MR) is 97.3 cm³/mol. The third-order valence-corrected chi connectivity index (χ3v) is 6.06. The molecule has 28 heavy (non-hydrogen) atoms. The lowest BCUT2D eigenvalue weighted by molar-refractivity contribution is -0.242. The van der Waals surface area contributed by atoms with Crippen molar-refractivity contribution in [3.63, 3.8) is 0 Å². The molecule has 2 aromatic heterocycles. The van der Waals surface area contributed by atoms with Gasteiger partial charge in [-0.2, -0.15) is 13.2 Å². The Morgan fingerprint density at radius 3 is 2.68 bits per heavy atom. The highest BCUT2D eigenvalue weighted by Crippen LogP contribution is 2.54. The van der Waals surface area contributed by atoms with E-state index < -0.39 is 29.9 Å². The van der Waals surface area contributed by atoms with Gasteiger partial charge in [0.2, 0.25) is 5.95 Å². The second-order valence-corrected chi connectivity index (χ2v) is 7.54. The summed E-state index contributed by atoms with van der Waals surface area (Å²) in [5.41, 5.74) is -0.439. The van der Waals surface area contributed by atoms with Gasteiger partial charge in [0.15, 0.2) is 5.41 Å². The number of halogens is 3. The van der Waals surface area contributed by atoms with Crippen molar-refractivity contribution in [2.45, 2.75) is 18.5 Å². The summed E-state index contributed by atoms with van der Waals surface area (Å²) < 4.78 is 43.2. The molecule has 1 N–H and O–H groups in total. The SMILES string of the molecule is O=C(O)C1(C(F)(F)F)CCN(c2ncccn2)CC1c1ccc2scnc2c1. The number of carboxylic acid groups (broad SMARTS) is 1. The smallest absolute Gasteiger partial charge is 0.405 e. The molecular weight excluding hydrogens is 393 g/mol. The van der Waals surface area contributed by atoms with Gasteiger partial charge in [0, 0.05) is 31.4 Å². The van der Waals surface area contributed by atoms with E-state index in [2.05, 4.69) is 15.0 Å². The number of piperidine rings is 1. The largest absolute Gasteiger partial charge is 0.481 e. The Morgan fingerprint density at radius 1 is 1.25 bits per heavy atom. The van der Waals surface area contributed by atoms with Crippen LogP contribution in [0.15, 0.2) is 42.2 Å². The molecule has 0 aliphatic carbocycles. The normalized spacial score (nSPS) is 23.1. The van der Waals surface area contributed by atoms with Gasteiger partial charge in [0.05, 0.1) is 15.7 Å². The third kappa shape index (κ3) is 2.88. The number of alkyl halides is 3. The van der Waals surface area contributed by atoms with Crippen molar-refractivity contribution in [1.82, 2.24) is 15.0 Å². The molecule has 2 atom stereocenters. The number of fused-ring (bicyclic) bond motifs is 1. The fourth-order valence-corrected chi connectivity index (χ4v) is 4.45. The average Bonchev–Trinajstić information content (AvgIpc) is 3.15. The molecule has 6 nitrogen and oxygen atoms in total. The van der Waals surface area contributed by atoms with Crippen LogP contribution in [0.1, 0.15) is 17.9 Å². The highest BCUT2D eigenvalue weighted by atomic mass is 32.1. The number of anilines is 1. The number of nitrogens with zero attached hydrogens (tertiary/aromatic N) is 4. The molecule has 0 spiro atoms. The second-order valence-electron chi connectivity index (χ2n) is 6.65. The zero-order chi connectivity index (χ0) is 19.9. The van der Waals surface area contributed by atoms with Crippen LogP contribution in [-0.4, -0.2) is 45.3 Å². The molecule has 0 radical (unpaired) electrons. The fraction of sp³-hybridized carbons (Fsp3) is 0.333. The standard InChI is InChI=1S/C18H15F3N4O2S/c19-18(20,21)17(15(26)27)4-7-25(16-22-5-1-6-23-16)9-12(17)11-2-3-14-13(8-11)24-10-28-14/h1-3,5-6,8,10,12H,4,7,9H2,(H,26,27). The van der Waals surface area contributed by atoms with Crippen LogP contribution in [0.4, 0.5) is 19.1 Å². The minimum Gasteiger partial charge on any atom is -0.481 e. The van der Waals surface area contributed by atoms with Crippen LogP contribution in [0, 0.1) is 5.41 Å². The summed E-state index contributed by atoms with van der Waals surface area (Å²) in [4.78, 5) is 25.9. The summed E-state index contributed by atoms with van der Waals surface area (Å²) in [7, 11) is 0. The molecule has 1 aromatic carbocycles. The van der Waals surface area contributed by atoms with Gasteiger partial charge in [-0.3, -0.25) is 4.79 Å². The molecular formula is C18H15F3N4O2S. The van der Waals surface area contributed by atoms with Gasteiger partial charge < -0.3 is 10.0 Å². The molecule has 0 bridgehead atoms. The van der Waals surface area contributed by atoms with Gasteiger partial charge >= 0.3 is 12.1 Å². The maximum Gasteiger partial charge on any atom is 0.405 e. The van der Waals surface area contributed by atoms with E-state index in [0.29, 0.717) is 11.1 Å². The zero-order valence-electron chi connectivity index (χ0n) is 14.4. The number of carboxylic acids is 1. The summed E-state index contributed by atoms with van der Waals surface area (Å²) in [6.07, 6.45) is -2.50. The van der Waals surface area contributed by atoms with Crippen LogP contribution in [0.25, 0.3) is 10.2 Å². The van der Waals surface area contributed by atoms with Crippen molar-refractivity contribution in [2.24, 2.45) is 5.41 Å². The number of aliphatic carboxylic acids is 1. The molecule has 3 heterocycles. The molecule has 0 amide bonds. The highest BCUT2D eigenvalue weighted by Gasteiger charge is 2.66. The van der Waals surface area contributed by atoms with Gasteiger partial charge in [0.25, 0.3) is 0 Å². The number of carbonyl (C=O) groups is 1. The van der Waals surface area contributed by atoms with Crippen molar-refractivity contribution in [3.05, 3.63) is 47.7 Å². The Hall–Kier alpha value is -2.75. The Labute approximate surface area is 161 Å². The molecule has 1 fully saturated rings. The number of hydrogen-bond donors (Lipinski definition) is 1. The van der Waals surface area contributed by atoms with E-state index in [4.69, 9.17) is 0 Å². The number of benzene rings is 1. The summed E-state index contributed by atoms with van der Waals surface area (Å²) in [5.74, 6) is -2.91. The van der Waals surface area contributed by atoms with E-state index in [1.807, 2.05) is 0 Å². The molecule has 1 saturated heterocycles. The number of thiazole rings is 1. The maximum atomic E-state index is 14.1. The highest BCUT2D eigenvalue weighted by molar-refractivity contribution is 7.16. The summed E-state index contributed by atoms with van der Waals surface area (Å²) in [5, 5.41) is 9.70. The Balaban J connectivity index is 1.83. The van der Waals surface area contributed by atoms with E-state index in [1.54, 1.807) is 34.7 Å². The Bertz CT molecular complexity index is 1010. The van der Waals surface area contributed by atoms with Gasteiger partial charge in [-0.25, -0.2) is 15.0 Å². The molecule has 2 unspecified atom stereocenters. The lowest BCUT2D eigenvalue weighted by Crippen LogP contribution is -2.57. The quantitative estimate of drug-likeness (QED) is 0.712. The Kier molecular flexibility index (Phi) is 4.45. The first-order valence-electron chi connectivity index (χ1n) is 8.48. The van der Waals surface area contributed by atoms with Crippen LogP contribution in [-0.2, 0) is 4.79 Å². The first-order valence-corrected chi connectivity index (χ1v) is 9.36. The molecule has 1 aliphatic rings.